The van der Waals surface area contributed by atoms with E-state index in [2.05, 4.69) is 58.7 Å². The Bertz CT molecular complexity index is 540. The number of carbonyl (C=O) groups excluding carboxylic acids is 1. The van der Waals surface area contributed by atoms with E-state index >= 15 is 0 Å². The van der Waals surface area contributed by atoms with Gasteiger partial charge in [0.15, 0.2) is 0 Å². The lowest BCUT2D eigenvalue weighted by Gasteiger charge is -2.22. The quantitative estimate of drug-likeness (QED) is 0.654. The minimum absolute atomic E-state index is 0. The highest BCUT2D eigenvalue weighted by molar-refractivity contribution is 5.85. The van der Waals surface area contributed by atoms with Crippen LogP contribution in [-0.2, 0) is 17.9 Å². The smallest absolute Gasteiger partial charge is 0.233 e. The maximum Gasteiger partial charge on any atom is 0.233 e. The molecule has 0 aliphatic rings. The van der Waals surface area contributed by atoms with Gasteiger partial charge in [-0.25, -0.2) is 0 Å². The molecule has 0 aliphatic carbocycles. The van der Waals surface area contributed by atoms with Gasteiger partial charge in [0.2, 0.25) is 5.91 Å². The van der Waals surface area contributed by atoms with Crippen LogP contribution in [0, 0.1) is 0 Å². The fourth-order valence-electron chi connectivity index (χ4n) is 2.50. The van der Waals surface area contributed by atoms with Crippen molar-refractivity contribution in [2.45, 2.75) is 19.5 Å². The monoisotopic (exact) mass is 383 g/mol. The van der Waals surface area contributed by atoms with E-state index in [1.54, 1.807) is 0 Å². The van der Waals surface area contributed by atoms with Crippen molar-refractivity contribution in [3.8, 4) is 0 Å². The maximum atomic E-state index is 11.2. The molecule has 0 saturated carbocycles. The third-order valence-corrected chi connectivity index (χ3v) is 3.66. The van der Waals surface area contributed by atoms with Crippen LogP contribution in [0.1, 0.15) is 17.5 Å². The summed E-state index contributed by atoms with van der Waals surface area (Å²) in [7, 11) is 0. The van der Waals surface area contributed by atoms with Crippen molar-refractivity contribution >= 4 is 30.7 Å². The molecule has 0 spiro atoms. The molecule has 4 nitrogen and oxygen atoms in total. The van der Waals surface area contributed by atoms with Gasteiger partial charge in [-0.3, -0.25) is 9.69 Å². The highest BCUT2D eigenvalue weighted by atomic mass is 35.5. The van der Waals surface area contributed by atoms with Crippen molar-refractivity contribution in [2.75, 3.05) is 19.6 Å². The first-order valence-corrected chi connectivity index (χ1v) is 8.05. The van der Waals surface area contributed by atoms with Crippen LogP contribution in [0.5, 0.6) is 0 Å². The first-order valence-electron chi connectivity index (χ1n) is 8.05. The summed E-state index contributed by atoms with van der Waals surface area (Å²) in [4.78, 5) is 13.6. The number of nitrogens with zero attached hydrogens (tertiary/aromatic N) is 1. The standard InChI is InChI=1S/C19H25N3O.2ClH/c20-14-19(23)21-12-7-13-22(15-17-8-3-1-4-9-17)16-18-10-5-2-6-11-18;;/h1-6,8-11H,7,12-16,20H2,(H,21,23);2*1H. The number of benzene rings is 2. The van der Waals surface area contributed by atoms with Crippen LogP contribution in [0.4, 0.5) is 0 Å². The topological polar surface area (TPSA) is 58.4 Å². The molecule has 6 heteroatoms. The summed E-state index contributed by atoms with van der Waals surface area (Å²) in [5, 5.41) is 2.82. The average molecular weight is 384 g/mol. The van der Waals surface area contributed by atoms with Crippen molar-refractivity contribution < 1.29 is 4.79 Å². The van der Waals surface area contributed by atoms with Crippen LogP contribution in [-0.4, -0.2) is 30.4 Å². The molecule has 3 N–H and O–H groups in total. The number of hydrogen-bond acceptors (Lipinski definition) is 3. The number of nitrogens with one attached hydrogen (secondary N) is 1. The second kappa shape index (κ2) is 13.7. The third kappa shape index (κ3) is 9.46. The van der Waals surface area contributed by atoms with Gasteiger partial charge in [-0.1, -0.05) is 60.7 Å². The van der Waals surface area contributed by atoms with E-state index in [1.807, 2.05) is 12.1 Å². The zero-order valence-corrected chi connectivity index (χ0v) is 15.9. The van der Waals surface area contributed by atoms with Crippen molar-refractivity contribution in [3.63, 3.8) is 0 Å². The molecule has 0 unspecified atom stereocenters. The summed E-state index contributed by atoms with van der Waals surface area (Å²) in [5.41, 5.74) is 7.90. The van der Waals surface area contributed by atoms with Crippen LogP contribution < -0.4 is 11.1 Å². The largest absolute Gasteiger partial charge is 0.355 e. The molecule has 138 valence electrons. The van der Waals surface area contributed by atoms with Gasteiger partial charge < -0.3 is 11.1 Å². The zero-order chi connectivity index (χ0) is 16.3. The Hall–Kier alpha value is -1.59. The van der Waals surface area contributed by atoms with Crippen LogP contribution in [0.3, 0.4) is 0 Å². The van der Waals surface area contributed by atoms with Crippen LogP contribution in [0.15, 0.2) is 60.7 Å². The summed E-state index contributed by atoms with van der Waals surface area (Å²) < 4.78 is 0. The van der Waals surface area contributed by atoms with E-state index < -0.39 is 0 Å². The molecule has 0 aromatic heterocycles. The first-order chi connectivity index (χ1) is 11.3. The SMILES string of the molecule is Cl.Cl.NCC(=O)NCCCN(Cc1ccccc1)Cc1ccccc1. The summed E-state index contributed by atoms with van der Waals surface area (Å²) in [6.45, 7) is 3.45. The molecule has 2 aromatic rings. The van der Waals surface area contributed by atoms with Crippen molar-refractivity contribution in [1.29, 1.82) is 0 Å². The molecule has 0 bridgehead atoms. The number of rotatable bonds is 9. The summed E-state index contributed by atoms with van der Waals surface area (Å²) >= 11 is 0. The molecule has 2 aromatic carbocycles. The van der Waals surface area contributed by atoms with Gasteiger partial charge in [0.1, 0.15) is 0 Å². The Balaban J connectivity index is 0.00000288. The number of amides is 1. The predicted molar refractivity (Wildman–Crippen MR) is 108 cm³/mol. The fourth-order valence-corrected chi connectivity index (χ4v) is 2.50. The zero-order valence-electron chi connectivity index (χ0n) is 14.3. The lowest BCUT2D eigenvalue weighted by atomic mass is 10.1. The Morgan fingerprint density at radius 1 is 0.880 bits per heavy atom. The normalized spacial score (nSPS) is 9.84. The van der Waals surface area contributed by atoms with Crippen molar-refractivity contribution in [2.24, 2.45) is 5.73 Å². The van der Waals surface area contributed by atoms with E-state index in [-0.39, 0.29) is 37.3 Å². The summed E-state index contributed by atoms with van der Waals surface area (Å²) in [6.07, 6.45) is 0.908. The van der Waals surface area contributed by atoms with Crippen LogP contribution in [0.25, 0.3) is 0 Å². The molecular formula is C19H27Cl2N3O. The highest BCUT2D eigenvalue weighted by Gasteiger charge is 2.07. The summed E-state index contributed by atoms with van der Waals surface area (Å²) in [6, 6.07) is 20.9. The van der Waals surface area contributed by atoms with Crippen molar-refractivity contribution in [1.82, 2.24) is 10.2 Å². The number of carbonyl (C=O) groups is 1. The number of hydrogen-bond donors (Lipinski definition) is 2. The third-order valence-electron chi connectivity index (χ3n) is 3.66. The lowest BCUT2D eigenvalue weighted by Crippen LogP contribution is -2.33. The van der Waals surface area contributed by atoms with Gasteiger partial charge in [0.05, 0.1) is 6.54 Å². The van der Waals surface area contributed by atoms with E-state index in [4.69, 9.17) is 5.73 Å². The Morgan fingerprint density at radius 3 is 1.80 bits per heavy atom. The Morgan fingerprint density at radius 2 is 1.36 bits per heavy atom. The first kappa shape index (κ1) is 23.4. The molecule has 0 atom stereocenters. The second-order valence-corrected chi connectivity index (χ2v) is 5.59. The molecule has 0 heterocycles. The Kier molecular flexibility index (Phi) is 12.8. The van der Waals surface area contributed by atoms with Gasteiger partial charge in [0, 0.05) is 26.2 Å². The predicted octanol–water partition coefficient (Wildman–Crippen LogP) is 3.00. The molecule has 0 aliphatic heterocycles. The van der Waals surface area contributed by atoms with E-state index in [9.17, 15) is 4.79 Å². The lowest BCUT2D eigenvalue weighted by molar-refractivity contribution is -0.119. The van der Waals surface area contributed by atoms with E-state index in [0.717, 1.165) is 26.1 Å². The highest BCUT2D eigenvalue weighted by Crippen LogP contribution is 2.10. The molecule has 0 fully saturated rings. The van der Waals surface area contributed by atoms with Gasteiger partial charge in [0.25, 0.3) is 0 Å². The van der Waals surface area contributed by atoms with E-state index in [1.165, 1.54) is 11.1 Å². The van der Waals surface area contributed by atoms with Gasteiger partial charge in [-0.2, -0.15) is 0 Å². The molecule has 0 saturated heterocycles. The average Bonchev–Trinajstić information content (AvgIpc) is 2.60. The fraction of sp³-hybridized carbons (Fsp3) is 0.316. The van der Waals surface area contributed by atoms with Crippen LogP contribution >= 0.6 is 24.8 Å². The van der Waals surface area contributed by atoms with Gasteiger partial charge >= 0.3 is 0 Å². The molecular weight excluding hydrogens is 357 g/mol. The van der Waals surface area contributed by atoms with Crippen molar-refractivity contribution in [3.05, 3.63) is 71.8 Å². The molecule has 0 radical (unpaired) electrons. The van der Waals surface area contributed by atoms with Gasteiger partial charge in [-0.15, -0.1) is 24.8 Å². The molecule has 1 amide bonds. The second-order valence-electron chi connectivity index (χ2n) is 5.59. The van der Waals surface area contributed by atoms with Crippen LogP contribution in [0.2, 0.25) is 0 Å². The summed E-state index contributed by atoms with van der Waals surface area (Å²) in [5.74, 6) is -0.0948. The molecule has 2 rings (SSSR count). The minimum atomic E-state index is -0.0948. The Labute approximate surface area is 162 Å². The van der Waals surface area contributed by atoms with E-state index in [0.29, 0.717) is 6.54 Å². The minimum Gasteiger partial charge on any atom is -0.355 e. The van der Waals surface area contributed by atoms with Gasteiger partial charge in [-0.05, 0) is 17.5 Å². The number of halogens is 2. The maximum absolute atomic E-state index is 11.2. The molecule has 25 heavy (non-hydrogen) atoms. The number of nitrogens with two attached hydrogens (primary N) is 1.